The number of amidine groups is 1. The largest absolute Gasteiger partial charge is 0.343 e. The molecule has 0 saturated carbocycles. The van der Waals surface area contributed by atoms with Crippen LogP contribution in [-0.2, 0) is 9.59 Å². The number of carbonyl (C=O) groups is 2. The van der Waals surface area contributed by atoms with Crippen LogP contribution < -0.4 is 10.3 Å². The van der Waals surface area contributed by atoms with Crippen LogP contribution in [0.3, 0.4) is 0 Å². The maximum Gasteiger partial charge on any atom is 0.225 e. The lowest BCUT2D eigenvalue weighted by Crippen LogP contribution is -2.35. The summed E-state index contributed by atoms with van der Waals surface area (Å²) in [7, 11) is 0. The summed E-state index contributed by atoms with van der Waals surface area (Å²) in [5.41, 5.74) is 0.834. The molecule has 0 spiro atoms. The minimum absolute atomic E-state index is 0.101. The van der Waals surface area contributed by atoms with Gasteiger partial charge in [0.1, 0.15) is 5.84 Å². The van der Waals surface area contributed by atoms with Crippen LogP contribution >= 0.6 is 23.2 Å². The van der Waals surface area contributed by atoms with Crippen LogP contribution in [0.1, 0.15) is 44.9 Å². The van der Waals surface area contributed by atoms with Crippen molar-refractivity contribution in [3.8, 4) is 0 Å². The predicted octanol–water partition coefficient (Wildman–Crippen LogP) is 3.82. The second-order valence-electron chi connectivity index (χ2n) is 6.86. The summed E-state index contributed by atoms with van der Waals surface area (Å²) in [5.74, 6) is 0.691. The van der Waals surface area contributed by atoms with Crippen LogP contribution in [0.2, 0.25) is 10.0 Å². The van der Waals surface area contributed by atoms with Crippen LogP contribution in [-0.4, -0.2) is 42.2 Å². The van der Waals surface area contributed by atoms with Crippen molar-refractivity contribution in [2.24, 2.45) is 5.10 Å². The Morgan fingerprint density at radius 3 is 2.56 bits per heavy atom. The first kappa shape index (κ1) is 20.0. The maximum atomic E-state index is 12.1. The van der Waals surface area contributed by atoms with Gasteiger partial charge in [-0.15, -0.1) is 0 Å². The molecule has 8 heteroatoms. The van der Waals surface area contributed by atoms with E-state index in [0.29, 0.717) is 48.1 Å². The zero-order chi connectivity index (χ0) is 19.2. The van der Waals surface area contributed by atoms with Gasteiger partial charge in [-0.05, 0) is 43.9 Å². The van der Waals surface area contributed by atoms with Crippen molar-refractivity contribution in [3.63, 3.8) is 0 Å². The van der Waals surface area contributed by atoms with Crippen molar-refractivity contribution in [2.75, 3.05) is 24.6 Å². The van der Waals surface area contributed by atoms with E-state index in [1.54, 1.807) is 17.1 Å². The highest BCUT2D eigenvalue weighted by molar-refractivity contribution is 6.42. The molecule has 0 aromatic heterocycles. The molecule has 2 heterocycles. The number of halogens is 2. The Balaban J connectivity index is 1.42. The summed E-state index contributed by atoms with van der Waals surface area (Å²) in [6, 6.07) is 5.32. The number of nitrogens with one attached hydrogen (secondary N) is 1. The molecule has 1 N–H and O–H groups in total. The molecule has 2 aliphatic rings. The van der Waals surface area contributed by atoms with Crippen molar-refractivity contribution >= 4 is 46.5 Å². The van der Waals surface area contributed by atoms with E-state index in [-0.39, 0.29) is 11.8 Å². The lowest BCUT2D eigenvalue weighted by atomic mass is 10.1. The molecule has 146 valence electrons. The first-order valence-corrected chi connectivity index (χ1v) is 10.2. The van der Waals surface area contributed by atoms with Crippen LogP contribution in [0.5, 0.6) is 0 Å². The van der Waals surface area contributed by atoms with E-state index in [2.05, 4.69) is 10.4 Å². The number of anilines is 1. The standard InChI is InChI=1S/C19H24Cl2N4O2/c20-15-8-7-14(13-16(15)21)25-12-9-17(23-25)22-18(26)5-4-6-19(27)24-10-2-1-3-11-24/h7-8,13H,1-6,9-12H2,(H,22,23,26). The number of likely N-dealkylation sites (tertiary alicyclic amines) is 1. The molecule has 1 saturated heterocycles. The number of amides is 2. The lowest BCUT2D eigenvalue weighted by molar-refractivity contribution is -0.132. The van der Waals surface area contributed by atoms with Crippen LogP contribution in [0.15, 0.2) is 23.3 Å². The molecule has 3 rings (SSSR count). The number of nitrogens with zero attached hydrogens (tertiary/aromatic N) is 3. The number of hydrazone groups is 1. The van der Waals surface area contributed by atoms with E-state index in [4.69, 9.17) is 23.2 Å². The summed E-state index contributed by atoms with van der Waals surface area (Å²) in [5, 5.41) is 10.0. The van der Waals surface area contributed by atoms with E-state index in [9.17, 15) is 9.59 Å². The molecule has 1 aromatic rings. The van der Waals surface area contributed by atoms with Gasteiger partial charge in [-0.2, -0.15) is 5.10 Å². The molecule has 2 aliphatic heterocycles. The Morgan fingerprint density at radius 1 is 1.04 bits per heavy atom. The SMILES string of the molecule is O=C(CCCC(=O)N1CCCCC1)NC1=NN(c2ccc(Cl)c(Cl)c2)CC1. The number of benzene rings is 1. The zero-order valence-corrected chi connectivity index (χ0v) is 16.7. The summed E-state index contributed by atoms with van der Waals surface area (Å²) < 4.78 is 0. The molecule has 0 bridgehead atoms. The highest BCUT2D eigenvalue weighted by Gasteiger charge is 2.19. The minimum atomic E-state index is -0.101. The molecule has 1 fully saturated rings. The average molecular weight is 411 g/mol. The Hall–Kier alpha value is -1.79. The number of hydrogen-bond acceptors (Lipinski definition) is 4. The van der Waals surface area contributed by atoms with Gasteiger partial charge < -0.3 is 10.2 Å². The summed E-state index contributed by atoms with van der Waals surface area (Å²) in [6.07, 6.45) is 5.33. The molecule has 27 heavy (non-hydrogen) atoms. The monoisotopic (exact) mass is 410 g/mol. The highest BCUT2D eigenvalue weighted by atomic mass is 35.5. The third-order valence-corrected chi connectivity index (χ3v) is 5.53. The van der Waals surface area contributed by atoms with Gasteiger partial charge in [-0.3, -0.25) is 14.6 Å². The van der Waals surface area contributed by atoms with Crippen molar-refractivity contribution in [1.29, 1.82) is 0 Å². The van der Waals surface area contributed by atoms with E-state index in [1.807, 2.05) is 11.0 Å². The predicted molar refractivity (Wildman–Crippen MR) is 108 cm³/mol. The van der Waals surface area contributed by atoms with Crippen LogP contribution in [0.4, 0.5) is 5.69 Å². The summed E-state index contributed by atoms with van der Waals surface area (Å²) >= 11 is 12.0. The Morgan fingerprint density at radius 2 is 1.81 bits per heavy atom. The first-order valence-electron chi connectivity index (χ1n) is 9.40. The highest BCUT2D eigenvalue weighted by Crippen LogP contribution is 2.28. The maximum absolute atomic E-state index is 12.1. The fourth-order valence-electron chi connectivity index (χ4n) is 3.30. The fraction of sp³-hybridized carbons (Fsp3) is 0.526. The zero-order valence-electron chi connectivity index (χ0n) is 15.2. The number of rotatable bonds is 5. The summed E-state index contributed by atoms with van der Waals surface area (Å²) in [6.45, 7) is 2.37. The molecule has 0 atom stereocenters. The van der Waals surface area contributed by atoms with E-state index in [0.717, 1.165) is 31.6 Å². The van der Waals surface area contributed by atoms with Gasteiger partial charge >= 0.3 is 0 Å². The lowest BCUT2D eigenvalue weighted by Gasteiger charge is -2.26. The smallest absolute Gasteiger partial charge is 0.225 e. The van der Waals surface area contributed by atoms with Gasteiger partial charge in [0, 0.05) is 38.9 Å². The van der Waals surface area contributed by atoms with Crippen LogP contribution in [0, 0.1) is 0 Å². The molecular weight excluding hydrogens is 387 g/mol. The van der Waals surface area contributed by atoms with Gasteiger partial charge in [-0.25, -0.2) is 0 Å². The van der Waals surface area contributed by atoms with Crippen LogP contribution in [0.25, 0.3) is 0 Å². The van der Waals surface area contributed by atoms with Gasteiger partial charge in [0.05, 0.1) is 15.7 Å². The molecule has 0 aliphatic carbocycles. The number of carbonyl (C=O) groups excluding carboxylic acids is 2. The number of hydrogen-bond donors (Lipinski definition) is 1. The van der Waals surface area contributed by atoms with Crippen molar-refractivity contribution < 1.29 is 9.59 Å². The third kappa shape index (κ3) is 5.59. The van der Waals surface area contributed by atoms with Gasteiger partial charge in [0.2, 0.25) is 11.8 Å². The fourth-order valence-corrected chi connectivity index (χ4v) is 3.59. The molecule has 1 aromatic carbocycles. The quantitative estimate of drug-likeness (QED) is 0.801. The van der Waals surface area contributed by atoms with Gasteiger partial charge in [-0.1, -0.05) is 23.2 Å². The molecule has 2 amide bonds. The molecular formula is C19H24Cl2N4O2. The van der Waals surface area contributed by atoms with Crippen molar-refractivity contribution in [1.82, 2.24) is 10.2 Å². The third-order valence-electron chi connectivity index (χ3n) is 4.79. The van der Waals surface area contributed by atoms with Gasteiger partial charge in [0.15, 0.2) is 0 Å². The number of piperidine rings is 1. The Bertz CT molecular complexity index is 732. The summed E-state index contributed by atoms with van der Waals surface area (Å²) in [4.78, 5) is 26.2. The molecule has 6 nitrogen and oxygen atoms in total. The topological polar surface area (TPSA) is 65.0 Å². The van der Waals surface area contributed by atoms with E-state index in [1.165, 1.54) is 6.42 Å². The van der Waals surface area contributed by atoms with E-state index < -0.39 is 0 Å². The second-order valence-corrected chi connectivity index (χ2v) is 7.68. The Labute approximate surface area is 169 Å². The van der Waals surface area contributed by atoms with Gasteiger partial charge in [0.25, 0.3) is 0 Å². The minimum Gasteiger partial charge on any atom is -0.343 e. The average Bonchev–Trinajstić information content (AvgIpc) is 3.13. The van der Waals surface area contributed by atoms with Crippen molar-refractivity contribution in [3.05, 3.63) is 28.2 Å². The molecule has 0 radical (unpaired) electrons. The normalized spacial score (nSPS) is 17.0. The van der Waals surface area contributed by atoms with Crippen molar-refractivity contribution in [2.45, 2.75) is 44.9 Å². The van der Waals surface area contributed by atoms with E-state index >= 15 is 0 Å². The second kappa shape index (κ2) is 9.42. The Kier molecular flexibility index (Phi) is 6.96. The first-order chi connectivity index (χ1) is 13.0. The molecule has 0 unspecified atom stereocenters.